The van der Waals surface area contributed by atoms with Crippen LogP contribution in [0, 0.1) is 0 Å². The van der Waals surface area contributed by atoms with E-state index in [1.807, 2.05) is 4.90 Å². The summed E-state index contributed by atoms with van der Waals surface area (Å²) in [6.07, 6.45) is -0.556. The van der Waals surface area contributed by atoms with Crippen LogP contribution < -0.4 is 20.1 Å². The van der Waals surface area contributed by atoms with Crippen LogP contribution in [0.3, 0.4) is 0 Å². The first kappa shape index (κ1) is 26.1. The summed E-state index contributed by atoms with van der Waals surface area (Å²) in [7, 11) is 3.00. The molecule has 0 aromatic heterocycles. The van der Waals surface area contributed by atoms with E-state index in [9.17, 15) is 19.2 Å². The Hall–Kier alpha value is -3.54. The number of hydrogen-bond acceptors (Lipinski definition) is 8. The van der Waals surface area contributed by atoms with Crippen LogP contribution in [-0.4, -0.2) is 111 Å². The van der Waals surface area contributed by atoms with E-state index in [4.69, 9.17) is 14.2 Å². The highest BCUT2D eigenvalue weighted by Gasteiger charge is 2.36. The van der Waals surface area contributed by atoms with Crippen LogP contribution in [0.4, 0.5) is 10.5 Å². The fraction of sp³-hybridized carbons (Fsp3) is 0.565. The van der Waals surface area contributed by atoms with E-state index in [0.29, 0.717) is 63.1 Å². The molecule has 1 aromatic carbocycles. The summed E-state index contributed by atoms with van der Waals surface area (Å²) < 4.78 is 15.5. The molecule has 0 bridgehead atoms. The van der Waals surface area contributed by atoms with Crippen molar-refractivity contribution in [3.63, 3.8) is 0 Å². The maximum absolute atomic E-state index is 13.1. The zero-order valence-electron chi connectivity index (χ0n) is 20.4. The lowest BCUT2D eigenvalue weighted by Gasteiger charge is -2.38. The van der Waals surface area contributed by atoms with Crippen LogP contribution in [-0.2, 0) is 19.1 Å². The van der Waals surface area contributed by atoms with E-state index in [2.05, 4.69) is 10.6 Å². The number of rotatable bonds is 8. The lowest BCUT2D eigenvalue weighted by atomic mass is 10.1. The number of hydrogen-bond donors (Lipinski definition) is 2. The second-order valence-electron chi connectivity index (χ2n) is 8.17. The van der Waals surface area contributed by atoms with Gasteiger partial charge in [-0.2, -0.15) is 0 Å². The number of methoxy groups -OCH3 is 2. The molecule has 3 rings (SSSR count). The van der Waals surface area contributed by atoms with Crippen molar-refractivity contribution in [3.8, 4) is 11.5 Å². The van der Waals surface area contributed by atoms with Crippen molar-refractivity contribution in [1.29, 1.82) is 0 Å². The van der Waals surface area contributed by atoms with Crippen molar-refractivity contribution in [2.24, 2.45) is 0 Å². The predicted molar refractivity (Wildman–Crippen MR) is 126 cm³/mol. The highest BCUT2D eigenvalue weighted by Crippen LogP contribution is 2.29. The molecule has 2 aliphatic rings. The second kappa shape index (κ2) is 12.2. The van der Waals surface area contributed by atoms with Crippen LogP contribution in [0.2, 0.25) is 0 Å². The first-order valence-corrected chi connectivity index (χ1v) is 11.6. The molecular formula is C23H33N5O7. The second-order valence-corrected chi connectivity index (χ2v) is 8.17. The fourth-order valence-corrected chi connectivity index (χ4v) is 4.09. The third-order valence-electron chi connectivity index (χ3n) is 5.97. The smallest absolute Gasteiger partial charge is 0.409 e. The van der Waals surface area contributed by atoms with E-state index < -0.39 is 11.9 Å². The van der Waals surface area contributed by atoms with Gasteiger partial charge in [0.1, 0.15) is 17.5 Å². The number of anilines is 1. The Labute approximate surface area is 204 Å². The topological polar surface area (TPSA) is 130 Å². The standard InChI is InChI=1S/C23H33N5O7/c1-4-35-23(32)27-11-9-26(10-12-27)15-21(30)28-8-7-24-22(31)18(28)14-20(29)25-17-13-16(33-2)5-6-19(17)34-3/h5-6,13,18H,4,7-12,14-15H2,1-3H3,(H,24,31)(H,25,29)/t18-/m0/s1. The predicted octanol–water partition coefficient (Wildman–Crippen LogP) is 0.134. The van der Waals surface area contributed by atoms with Gasteiger partial charge in [0.2, 0.25) is 17.7 Å². The van der Waals surface area contributed by atoms with Crippen LogP contribution in [0.1, 0.15) is 13.3 Å². The van der Waals surface area contributed by atoms with Gasteiger partial charge in [-0.3, -0.25) is 19.3 Å². The summed E-state index contributed by atoms with van der Waals surface area (Å²) in [5.41, 5.74) is 0.408. The highest BCUT2D eigenvalue weighted by atomic mass is 16.6. The molecule has 2 heterocycles. The summed E-state index contributed by atoms with van der Waals surface area (Å²) in [5, 5.41) is 5.48. The van der Waals surface area contributed by atoms with Gasteiger partial charge in [0.25, 0.3) is 0 Å². The SMILES string of the molecule is CCOC(=O)N1CCN(CC(=O)N2CCNC(=O)[C@@H]2CC(=O)Nc2cc(OC)ccc2OC)CC1. The number of nitrogens with one attached hydrogen (secondary N) is 2. The van der Waals surface area contributed by atoms with E-state index >= 15 is 0 Å². The lowest BCUT2D eigenvalue weighted by Crippen LogP contribution is -2.60. The first-order valence-electron chi connectivity index (χ1n) is 11.6. The van der Waals surface area contributed by atoms with Gasteiger partial charge in [0.05, 0.1) is 39.5 Å². The maximum atomic E-state index is 13.1. The van der Waals surface area contributed by atoms with Gasteiger partial charge in [0, 0.05) is 45.3 Å². The minimum atomic E-state index is -0.923. The Bertz CT molecular complexity index is 933. The maximum Gasteiger partial charge on any atom is 0.409 e. The van der Waals surface area contributed by atoms with Gasteiger partial charge >= 0.3 is 6.09 Å². The molecule has 12 nitrogen and oxygen atoms in total. The minimum absolute atomic E-state index is 0.103. The number of amides is 4. The fourth-order valence-electron chi connectivity index (χ4n) is 4.09. The van der Waals surface area contributed by atoms with Crippen molar-refractivity contribution < 1.29 is 33.4 Å². The molecule has 2 saturated heterocycles. The third kappa shape index (κ3) is 6.75. The molecule has 192 valence electrons. The summed E-state index contributed by atoms with van der Waals surface area (Å²) in [6, 6.07) is 4.07. The average Bonchev–Trinajstić information content (AvgIpc) is 2.85. The van der Waals surface area contributed by atoms with Gasteiger partial charge in [-0.25, -0.2) is 4.79 Å². The number of nitrogens with zero attached hydrogens (tertiary/aromatic N) is 3. The quantitative estimate of drug-likeness (QED) is 0.525. The van der Waals surface area contributed by atoms with Crippen LogP contribution >= 0.6 is 0 Å². The van der Waals surface area contributed by atoms with Gasteiger partial charge < -0.3 is 34.6 Å². The van der Waals surface area contributed by atoms with Crippen LogP contribution in [0.15, 0.2) is 18.2 Å². The first-order chi connectivity index (χ1) is 16.9. The number of carbonyl (C=O) groups is 4. The van der Waals surface area contributed by atoms with Crippen molar-refractivity contribution in [1.82, 2.24) is 20.0 Å². The summed E-state index contributed by atoms with van der Waals surface area (Å²) in [6.45, 7) is 4.76. The highest BCUT2D eigenvalue weighted by molar-refractivity contribution is 5.98. The average molecular weight is 492 g/mol. The Morgan fingerprint density at radius 2 is 1.83 bits per heavy atom. The van der Waals surface area contributed by atoms with Gasteiger partial charge in [-0.15, -0.1) is 0 Å². The lowest BCUT2D eigenvalue weighted by molar-refractivity contribution is -0.145. The van der Waals surface area contributed by atoms with E-state index in [-0.39, 0.29) is 30.9 Å². The summed E-state index contributed by atoms with van der Waals surface area (Å²) in [4.78, 5) is 55.4. The number of carbonyl (C=O) groups excluding carboxylic acids is 4. The third-order valence-corrected chi connectivity index (χ3v) is 5.97. The van der Waals surface area contributed by atoms with Crippen molar-refractivity contribution >= 4 is 29.5 Å². The molecule has 0 unspecified atom stereocenters. The molecule has 0 aliphatic carbocycles. The molecule has 2 fully saturated rings. The normalized spacial score (nSPS) is 18.5. The monoisotopic (exact) mass is 491 g/mol. The van der Waals surface area contributed by atoms with E-state index in [1.165, 1.54) is 19.1 Å². The van der Waals surface area contributed by atoms with Gasteiger partial charge in [-0.05, 0) is 19.1 Å². The van der Waals surface area contributed by atoms with Crippen molar-refractivity contribution in [2.45, 2.75) is 19.4 Å². The number of ether oxygens (including phenoxy) is 3. The van der Waals surface area contributed by atoms with Crippen LogP contribution in [0.5, 0.6) is 11.5 Å². The number of benzene rings is 1. The zero-order valence-corrected chi connectivity index (χ0v) is 20.4. The van der Waals surface area contributed by atoms with Crippen molar-refractivity contribution in [3.05, 3.63) is 18.2 Å². The van der Waals surface area contributed by atoms with Gasteiger partial charge in [0.15, 0.2) is 0 Å². The minimum Gasteiger partial charge on any atom is -0.497 e. The summed E-state index contributed by atoms with van der Waals surface area (Å²) >= 11 is 0. The Morgan fingerprint density at radius 1 is 1.09 bits per heavy atom. The Morgan fingerprint density at radius 3 is 2.49 bits per heavy atom. The number of piperazine rings is 2. The molecule has 1 aromatic rings. The molecule has 2 aliphatic heterocycles. The molecule has 35 heavy (non-hydrogen) atoms. The summed E-state index contributed by atoms with van der Waals surface area (Å²) in [5.74, 6) is -0.0522. The van der Waals surface area contributed by atoms with Gasteiger partial charge in [-0.1, -0.05) is 0 Å². The van der Waals surface area contributed by atoms with Crippen molar-refractivity contribution in [2.75, 3.05) is 72.0 Å². The van der Waals surface area contributed by atoms with E-state index in [0.717, 1.165) is 0 Å². The Kier molecular flexibility index (Phi) is 9.12. The molecule has 1 atom stereocenters. The Balaban J connectivity index is 1.60. The van der Waals surface area contributed by atoms with Crippen LogP contribution in [0.25, 0.3) is 0 Å². The molecule has 4 amide bonds. The zero-order chi connectivity index (χ0) is 25.4. The molecule has 12 heteroatoms. The molecule has 0 radical (unpaired) electrons. The molecule has 2 N–H and O–H groups in total. The molecule has 0 saturated carbocycles. The molecule has 0 spiro atoms. The largest absolute Gasteiger partial charge is 0.497 e. The molecular weight excluding hydrogens is 458 g/mol. The van der Waals surface area contributed by atoms with E-state index in [1.54, 1.807) is 30.0 Å².